The van der Waals surface area contributed by atoms with Gasteiger partial charge in [0.1, 0.15) is 0 Å². The second-order valence-corrected chi connectivity index (χ2v) is 18.9. The number of hydrogen-bond donors (Lipinski definition) is 0. The van der Waals surface area contributed by atoms with Gasteiger partial charge >= 0.3 is 0 Å². The topological polar surface area (TPSA) is 43.6 Å². The van der Waals surface area contributed by atoms with Crippen molar-refractivity contribution in [2.75, 3.05) is 0 Å². The van der Waals surface area contributed by atoms with Gasteiger partial charge in [0.05, 0.1) is 16.7 Å². The van der Waals surface area contributed by atoms with Crippen LogP contribution in [-0.2, 0) is 5.41 Å². The molecule has 0 spiro atoms. The van der Waals surface area contributed by atoms with Gasteiger partial charge in [-0.15, -0.1) is 0 Å². The van der Waals surface area contributed by atoms with Crippen molar-refractivity contribution in [3.05, 3.63) is 254 Å². The molecule has 3 heterocycles. The second kappa shape index (κ2) is 16.7. The van der Waals surface area contributed by atoms with Gasteiger partial charge in [-0.2, -0.15) is 0 Å². The summed E-state index contributed by atoms with van der Waals surface area (Å²) >= 11 is 0. The molecule has 0 saturated heterocycles. The van der Waals surface area contributed by atoms with E-state index in [2.05, 4.69) is 249 Å². The summed E-state index contributed by atoms with van der Waals surface area (Å²) in [5, 5.41) is 2.47. The van der Waals surface area contributed by atoms with Crippen molar-refractivity contribution in [1.82, 2.24) is 19.5 Å². The quantitative estimate of drug-likeness (QED) is 0.153. The lowest BCUT2D eigenvalue weighted by atomic mass is 9.73. The fraction of sp³-hybridized carbons (Fsp3) is 0.0455. The SMILES string of the molecule is CC1(C)c2cc(-c3ccccc3)ccc2-n2c3ccc(-c4cccc(-c5nc(-c6ccc(-c7ccccc7)cc6)nc(-c6ccc(-c7ccccc7)cc6)n5)c4)cc3c3cc(-c4ccccc4)cc1c32. The van der Waals surface area contributed by atoms with E-state index in [0.717, 1.165) is 38.9 Å². The summed E-state index contributed by atoms with van der Waals surface area (Å²) in [7, 11) is 0. The van der Waals surface area contributed by atoms with Crippen molar-refractivity contribution in [3.8, 4) is 95.5 Å². The Balaban J connectivity index is 0.949. The molecule has 13 rings (SSSR count). The fourth-order valence-electron chi connectivity index (χ4n) is 10.5. The minimum absolute atomic E-state index is 0.263. The van der Waals surface area contributed by atoms with Crippen molar-refractivity contribution >= 4 is 21.8 Å². The Labute approximate surface area is 407 Å². The van der Waals surface area contributed by atoms with Crippen molar-refractivity contribution in [2.45, 2.75) is 19.3 Å². The van der Waals surface area contributed by atoms with Crippen LogP contribution in [0.3, 0.4) is 0 Å². The lowest BCUT2D eigenvalue weighted by Gasteiger charge is -2.35. The molecule has 0 fully saturated rings. The molecule has 0 unspecified atom stereocenters. The third-order valence-electron chi connectivity index (χ3n) is 14.2. The first-order valence-electron chi connectivity index (χ1n) is 24.0. The molecule has 0 N–H and O–H groups in total. The Kier molecular flexibility index (Phi) is 9.81. The van der Waals surface area contributed by atoms with E-state index in [1.165, 1.54) is 72.0 Å². The highest BCUT2D eigenvalue weighted by Gasteiger charge is 2.36. The summed E-state index contributed by atoms with van der Waals surface area (Å²) in [6.07, 6.45) is 0. The molecule has 0 saturated carbocycles. The fourth-order valence-corrected chi connectivity index (χ4v) is 10.5. The van der Waals surface area contributed by atoms with Gasteiger partial charge < -0.3 is 4.57 Å². The molecule has 1 aliphatic rings. The average molecular weight is 895 g/mol. The molecule has 12 aromatic rings. The van der Waals surface area contributed by atoms with Gasteiger partial charge in [0.2, 0.25) is 0 Å². The number of fused-ring (bicyclic) bond motifs is 5. The van der Waals surface area contributed by atoms with Crippen LogP contribution in [0.1, 0.15) is 25.0 Å². The van der Waals surface area contributed by atoms with Crippen LogP contribution in [0.5, 0.6) is 0 Å². The molecule has 0 amide bonds. The normalized spacial score (nSPS) is 12.5. The summed E-state index contributed by atoms with van der Waals surface area (Å²) in [5.74, 6) is 1.87. The van der Waals surface area contributed by atoms with Gasteiger partial charge in [0.25, 0.3) is 0 Å². The molecule has 10 aromatic carbocycles. The first kappa shape index (κ1) is 41.2. The third-order valence-corrected chi connectivity index (χ3v) is 14.2. The maximum atomic E-state index is 5.20. The zero-order valence-electron chi connectivity index (χ0n) is 38.9. The highest BCUT2D eigenvalue weighted by atomic mass is 15.0. The van der Waals surface area contributed by atoms with E-state index >= 15 is 0 Å². The average Bonchev–Trinajstić information content (AvgIpc) is 3.77. The van der Waals surface area contributed by atoms with E-state index in [1.807, 2.05) is 12.1 Å². The highest BCUT2D eigenvalue weighted by Crippen LogP contribution is 2.50. The number of benzene rings is 10. The van der Waals surface area contributed by atoms with E-state index in [-0.39, 0.29) is 5.41 Å². The standard InChI is InChI=1S/C66H46N4/c1-66(2)58-41-53(45-20-11-5-12-21-45)35-37-61(58)70-60-36-34-52(39-56(60)57-40-55(42-59(66)62(57)70)46-22-13-6-14-23-46)51-24-15-25-54(38-51)65-68-63(49-30-26-47(27-31-49)43-16-7-3-8-17-43)67-64(69-65)50-32-28-48(29-33-50)44-18-9-4-10-19-44/h3-42H,1-2H3. The number of rotatable bonds is 8. The zero-order valence-corrected chi connectivity index (χ0v) is 38.9. The van der Waals surface area contributed by atoms with Gasteiger partial charge in [0, 0.05) is 32.9 Å². The Hall–Kier alpha value is -8.99. The number of aromatic nitrogens is 4. The van der Waals surface area contributed by atoms with E-state index in [9.17, 15) is 0 Å². The Morgan fingerprint density at radius 3 is 1.21 bits per heavy atom. The van der Waals surface area contributed by atoms with Gasteiger partial charge in [-0.1, -0.05) is 214 Å². The van der Waals surface area contributed by atoms with Gasteiger partial charge in [-0.3, -0.25) is 0 Å². The Morgan fingerprint density at radius 1 is 0.286 bits per heavy atom. The number of hydrogen-bond acceptors (Lipinski definition) is 3. The maximum Gasteiger partial charge on any atom is 0.164 e. The van der Waals surface area contributed by atoms with Crippen molar-refractivity contribution < 1.29 is 0 Å². The van der Waals surface area contributed by atoms with Crippen molar-refractivity contribution in [3.63, 3.8) is 0 Å². The zero-order chi connectivity index (χ0) is 46.8. The van der Waals surface area contributed by atoms with E-state index in [0.29, 0.717) is 17.5 Å². The highest BCUT2D eigenvalue weighted by molar-refractivity contribution is 6.14. The monoisotopic (exact) mass is 894 g/mol. The van der Waals surface area contributed by atoms with Crippen LogP contribution >= 0.6 is 0 Å². The molecule has 330 valence electrons. The summed E-state index contributed by atoms with van der Waals surface area (Å²) in [6.45, 7) is 4.78. The summed E-state index contributed by atoms with van der Waals surface area (Å²) in [4.78, 5) is 15.5. The van der Waals surface area contributed by atoms with E-state index in [4.69, 9.17) is 15.0 Å². The van der Waals surface area contributed by atoms with Crippen LogP contribution in [0, 0.1) is 0 Å². The lowest BCUT2D eigenvalue weighted by molar-refractivity contribution is 0.630. The van der Waals surface area contributed by atoms with E-state index in [1.54, 1.807) is 0 Å². The van der Waals surface area contributed by atoms with Gasteiger partial charge in [-0.25, -0.2) is 15.0 Å². The molecule has 0 atom stereocenters. The molecule has 0 aliphatic carbocycles. The Morgan fingerprint density at radius 2 is 0.657 bits per heavy atom. The third kappa shape index (κ3) is 7.12. The second-order valence-electron chi connectivity index (χ2n) is 18.9. The molecule has 1 aliphatic heterocycles. The minimum Gasteiger partial charge on any atom is -0.309 e. The molecule has 0 radical (unpaired) electrons. The summed E-state index contributed by atoms with van der Waals surface area (Å²) in [6, 6.07) is 86.9. The minimum atomic E-state index is -0.263. The van der Waals surface area contributed by atoms with Gasteiger partial charge in [0.15, 0.2) is 17.5 Å². The molecule has 4 nitrogen and oxygen atoms in total. The van der Waals surface area contributed by atoms with Crippen LogP contribution in [0.4, 0.5) is 0 Å². The van der Waals surface area contributed by atoms with Crippen LogP contribution in [-0.4, -0.2) is 19.5 Å². The van der Waals surface area contributed by atoms with Crippen LogP contribution in [0.25, 0.3) is 117 Å². The first-order valence-corrected chi connectivity index (χ1v) is 24.0. The van der Waals surface area contributed by atoms with Crippen molar-refractivity contribution in [2.24, 2.45) is 0 Å². The Bertz CT molecular complexity index is 3810. The van der Waals surface area contributed by atoms with Crippen LogP contribution in [0.15, 0.2) is 243 Å². The molecule has 70 heavy (non-hydrogen) atoms. The van der Waals surface area contributed by atoms with E-state index < -0.39 is 0 Å². The van der Waals surface area contributed by atoms with Crippen LogP contribution in [0.2, 0.25) is 0 Å². The van der Waals surface area contributed by atoms with Gasteiger partial charge in [-0.05, 0) is 109 Å². The molecule has 4 heteroatoms. The van der Waals surface area contributed by atoms with Crippen LogP contribution < -0.4 is 0 Å². The predicted molar refractivity (Wildman–Crippen MR) is 290 cm³/mol. The smallest absolute Gasteiger partial charge is 0.164 e. The molecule has 0 bridgehead atoms. The number of nitrogens with zero attached hydrogens (tertiary/aromatic N) is 4. The van der Waals surface area contributed by atoms with Crippen molar-refractivity contribution in [1.29, 1.82) is 0 Å². The molecular weight excluding hydrogens is 849 g/mol. The largest absolute Gasteiger partial charge is 0.309 e. The maximum absolute atomic E-state index is 5.20. The molecule has 2 aromatic heterocycles. The summed E-state index contributed by atoms with van der Waals surface area (Å²) in [5.41, 5.74) is 20.5. The molecular formula is C66H46N4. The summed E-state index contributed by atoms with van der Waals surface area (Å²) < 4.78 is 2.51. The first-order chi connectivity index (χ1) is 34.4. The predicted octanol–water partition coefficient (Wildman–Crippen LogP) is 16.9. The lowest BCUT2D eigenvalue weighted by Crippen LogP contribution is -2.26.